The number of carbonyl (C=O) groups excluding carboxylic acids is 1. The lowest BCUT2D eigenvalue weighted by Crippen LogP contribution is -2.27. The molecule has 0 aliphatic heterocycles. The van der Waals surface area contributed by atoms with Crippen molar-refractivity contribution in [2.75, 3.05) is 6.54 Å². The number of aromatic nitrogens is 2. The van der Waals surface area contributed by atoms with Gasteiger partial charge in [-0.2, -0.15) is 0 Å². The fraction of sp³-hybridized carbons (Fsp3) is 0.333. The molecule has 0 unspecified atom stereocenters. The Bertz CT molecular complexity index is 1270. The van der Waals surface area contributed by atoms with Gasteiger partial charge in [0.05, 0.1) is 6.54 Å². The summed E-state index contributed by atoms with van der Waals surface area (Å²) in [4.78, 5) is 22.5. The minimum Gasteiger partial charge on any atom is -0.447 e. The van der Waals surface area contributed by atoms with Crippen LogP contribution in [0.4, 0.5) is 0 Å². The molecule has 4 aromatic rings. The van der Waals surface area contributed by atoms with E-state index in [4.69, 9.17) is 4.42 Å². The van der Waals surface area contributed by atoms with Crippen LogP contribution in [-0.2, 0) is 19.5 Å². The number of oxazole rings is 1. The van der Waals surface area contributed by atoms with Crippen LogP contribution in [0.5, 0.6) is 0 Å². The minimum absolute atomic E-state index is 0.146. The summed E-state index contributed by atoms with van der Waals surface area (Å²) in [5, 5.41) is 4.24. The molecule has 0 saturated heterocycles. The predicted octanol–water partition coefficient (Wildman–Crippen LogP) is 4.91. The van der Waals surface area contributed by atoms with Crippen molar-refractivity contribution in [3.05, 3.63) is 88.8 Å². The third-order valence-corrected chi connectivity index (χ3v) is 6.33. The van der Waals surface area contributed by atoms with E-state index in [1.807, 2.05) is 0 Å². The number of hydrogen-bond acceptors (Lipinski definition) is 4. The van der Waals surface area contributed by atoms with Crippen molar-refractivity contribution in [2.45, 2.75) is 52.2 Å². The Morgan fingerprint density at radius 1 is 1.15 bits per heavy atom. The molecule has 33 heavy (non-hydrogen) atoms. The molecule has 1 aliphatic carbocycles. The second-order valence-corrected chi connectivity index (χ2v) is 9.12. The second-order valence-electron chi connectivity index (χ2n) is 9.12. The Morgan fingerprint density at radius 3 is 2.85 bits per heavy atom. The molecule has 1 saturated carbocycles. The summed E-state index contributed by atoms with van der Waals surface area (Å²) in [6.45, 7) is 6.46. The first-order chi connectivity index (χ1) is 16.0. The average molecular weight is 443 g/mol. The molecule has 5 rings (SSSR count). The molecule has 1 fully saturated rings. The number of H-pyrrole nitrogens is 1. The molecular formula is C27H30N4O2. The number of aryl methyl sites for hydroxylation is 2. The fourth-order valence-electron chi connectivity index (χ4n) is 4.21. The largest absolute Gasteiger partial charge is 0.447 e. The maximum atomic E-state index is 12.3. The van der Waals surface area contributed by atoms with Crippen LogP contribution in [0.1, 0.15) is 51.5 Å². The normalized spacial score (nSPS) is 13.7. The molecule has 2 heterocycles. The maximum absolute atomic E-state index is 12.3. The first kappa shape index (κ1) is 21.5. The van der Waals surface area contributed by atoms with Crippen LogP contribution in [0.3, 0.4) is 0 Å². The van der Waals surface area contributed by atoms with E-state index in [2.05, 4.69) is 82.7 Å². The predicted molar refractivity (Wildman–Crippen MR) is 129 cm³/mol. The van der Waals surface area contributed by atoms with Gasteiger partial charge in [0.2, 0.25) is 5.89 Å². The van der Waals surface area contributed by atoms with E-state index in [0.29, 0.717) is 24.2 Å². The van der Waals surface area contributed by atoms with Gasteiger partial charge in [-0.25, -0.2) is 4.98 Å². The van der Waals surface area contributed by atoms with Crippen molar-refractivity contribution in [1.29, 1.82) is 0 Å². The molecule has 6 heteroatoms. The van der Waals surface area contributed by atoms with Crippen molar-refractivity contribution < 1.29 is 9.21 Å². The average Bonchev–Trinajstić information content (AvgIpc) is 3.33. The number of fused-ring (bicyclic) bond motifs is 1. The van der Waals surface area contributed by atoms with Crippen LogP contribution in [0.15, 0.2) is 59.3 Å². The van der Waals surface area contributed by atoms with Crippen LogP contribution in [-0.4, -0.2) is 33.4 Å². The van der Waals surface area contributed by atoms with Gasteiger partial charge in [0.1, 0.15) is 6.26 Å². The van der Waals surface area contributed by atoms with Crippen molar-refractivity contribution in [1.82, 2.24) is 20.2 Å². The highest BCUT2D eigenvalue weighted by atomic mass is 16.3. The van der Waals surface area contributed by atoms with E-state index >= 15 is 0 Å². The first-order valence-electron chi connectivity index (χ1n) is 11.6. The molecule has 0 bridgehead atoms. The summed E-state index contributed by atoms with van der Waals surface area (Å²) in [7, 11) is 0. The van der Waals surface area contributed by atoms with Crippen LogP contribution < -0.4 is 5.32 Å². The SMILES string of the molecule is Cc1ccc(C)c(CN(CCc2c[nH]c3ccccc23)Cc2nc(C(=O)NC3CC3)co2)c1. The van der Waals surface area contributed by atoms with Gasteiger partial charge < -0.3 is 14.7 Å². The summed E-state index contributed by atoms with van der Waals surface area (Å²) in [5.74, 6) is 0.424. The smallest absolute Gasteiger partial charge is 0.273 e. The van der Waals surface area contributed by atoms with E-state index in [1.165, 1.54) is 33.9 Å². The molecule has 170 valence electrons. The zero-order chi connectivity index (χ0) is 22.8. The summed E-state index contributed by atoms with van der Waals surface area (Å²) < 4.78 is 5.70. The van der Waals surface area contributed by atoms with Gasteiger partial charge >= 0.3 is 0 Å². The number of amides is 1. The van der Waals surface area contributed by atoms with Crippen molar-refractivity contribution in [3.63, 3.8) is 0 Å². The number of nitrogens with one attached hydrogen (secondary N) is 2. The lowest BCUT2D eigenvalue weighted by atomic mass is 10.0. The highest BCUT2D eigenvalue weighted by Crippen LogP contribution is 2.21. The molecule has 2 aromatic heterocycles. The van der Waals surface area contributed by atoms with Gasteiger partial charge in [-0.1, -0.05) is 42.0 Å². The first-order valence-corrected chi connectivity index (χ1v) is 11.6. The molecule has 6 nitrogen and oxygen atoms in total. The van der Waals surface area contributed by atoms with E-state index in [-0.39, 0.29) is 5.91 Å². The summed E-state index contributed by atoms with van der Waals surface area (Å²) in [6.07, 6.45) is 6.58. The summed E-state index contributed by atoms with van der Waals surface area (Å²) in [6, 6.07) is 15.3. The van der Waals surface area contributed by atoms with Crippen LogP contribution in [0.2, 0.25) is 0 Å². The zero-order valence-electron chi connectivity index (χ0n) is 19.2. The Balaban J connectivity index is 1.33. The van der Waals surface area contributed by atoms with E-state index in [9.17, 15) is 4.79 Å². The maximum Gasteiger partial charge on any atom is 0.273 e. The number of rotatable bonds is 9. The van der Waals surface area contributed by atoms with Gasteiger partial charge in [0.15, 0.2) is 5.69 Å². The van der Waals surface area contributed by atoms with Gasteiger partial charge in [-0.3, -0.25) is 9.69 Å². The van der Waals surface area contributed by atoms with Gasteiger partial charge in [0.25, 0.3) is 5.91 Å². The monoisotopic (exact) mass is 442 g/mol. The van der Waals surface area contributed by atoms with E-state index in [1.54, 1.807) is 0 Å². The quantitative estimate of drug-likeness (QED) is 0.386. The molecule has 2 aromatic carbocycles. The Kier molecular flexibility index (Phi) is 6.01. The Morgan fingerprint density at radius 2 is 2.00 bits per heavy atom. The third kappa shape index (κ3) is 5.17. The molecular weight excluding hydrogens is 412 g/mol. The minimum atomic E-state index is -0.146. The molecule has 0 spiro atoms. The molecule has 0 radical (unpaired) electrons. The van der Waals surface area contributed by atoms with Gasteiger partial charge in [-0.15, -0.1) is 0 Å². The fourth-order valence-corrected chi connectivity index (χ4v) is 4.21. The van der Waals surface area contributed by atoms with Crippen LogP contribution in [0, 0.1) is 13.8 Å². The Labute approximate surface area is 194 Å². The number of aromatic amines is 1. The van der Waals surface area contributed by atoms with Crippen LogP contribution >= 0.6 is 0 Å². The number of carbonyl (C=O) groups is 1. The molecule has 0 atom stereocenters. The molecule has 1 amide bonds. The van der Waals surface area contributed by atoms with Crippen molar-refractivity contribution >= 4 is 16.8 Å². The van der Waals surface area contributed by atoms with Crippen molar-refractivity contribution in [3.8, 4) is 0 Å². The number of benzene rings is 2. The van der Waals surface area contributed by atoms with Gasteiger partial charge in [0, 0.05) is 36.2 Å². The lowest BCUT2D eigenvalue weighted by Gasteiger charge is -2.22. The standard InChI is InChI=1S/C27H30N4O2/c1-18-7-8-19(2)21(13-18)15-31(12-11-20-14-28-24-6-4-3-5-23(20)24)16-26-30-25(17-33-26)27(32)29-22-9-10-22/h3-8,13-14,17,22,28H,9-12,15-16H2,1-2H3,(H,29,32). The highest BCUT2D eigenvalue weighted by Gasteiger charge is 2.25. The third-order valence-electron chi connectivity index (χ3n) is 6.33. The van der Waals surface area contributed by atoms with Crippen LogP contribution in [0.25, 0.3) is 10.9 Å². The lowest BCUT2D eigenvalue weighted by molar-refractivity contribution is 0.0946. The topological polar surface area (TPSA) is 74.2 Å². The number of nitrogens with zero attached hydrogens (tertiary/aromatic N) is 2. The summed E-state index contributed by atoms with van der Waals surface area (Å²) >= 11 is 0. The molecule has 2 N–H and O–H groups in total. The number of hydrogen-bond donors (Lipinski definition) is 2. The van der Waals surface area contributed by atoms with E-state index < -0.39 is 0 Å². The number of para-hydroxylation sites is 1. The van der Waals surface area contributed by atoms with Crippen molar-refractivity contribution in [2.24, 2.45) is 0 Å². The van der Waals surface area contributed by atoms with Gasteiger partial charge in [-0.05, 0) is 55.9 Å². The highest BCUT2D eigenvalue weighted by molar-refractivity contribution is 5.92. The Hall–Kier alpha value is -3.38. The zero-order valence-corrected chi connectivity index (χ0v) is 19.2. The summed E-state index contributed by atoms with van der Waals surface area (Å²) in [5.41, 5.74) is 6.64. The molecule has 1 aliphatic rings. The second kappa shape index (κ2) is 9.24. The van der Waals surface area contributed by atoms with E-state index in [0.717, 1.165) is 37.9 Å².